The molecule has 0 heterocycles. The third kappa shape index (κ3) is 3.28. The lowest BCUT2D eigenvalue weighted by Gasteiger charge is -2.02. The molecule has 0 N–H and O–H groups in total. The van der Waals surface area contributed by atoms with Crippen LogP contribution in [-0.2, 0) is 0 Å². The van der Waals surface area contributed by atoms with Crippen LogP contribution in [0.3, 0.4) is 0 Å². The van der Waals surface area contributed by atoms with Crippen LogP contribution in [0.25, 0.3) is 12.2 Å². The Bertz CT molecular complexity index is 618. The molecule has 0 radical (unpaired) electrons. The number of carbonyl (C=O) groups excluding carboxylic acids is 1. The quantitative estimate of drug-likeness (QED) is 0.614. The van der Waals surface area contributed by atoms with E-state index in [0.29, 0.717) is 5.56 Å². The summed E-state index contributed by atoms with van der Waals surface area (Å²) in [5.74, 6) is -0.175. The van der Waals surface area contributed by atoms with Crippen LogP contribution in [0.1, 0.15) is 21.5 Å². The lowest BCUT2D eigenvalue weighted by Crippen LogP contribution is -1.87. The van der Waals surface area contributed by atoms with E-state index in [0.717, 1.165) is 17.4 Å². The summed E-state index contributed by atoms with van der Waals surface area (Å²) in [6.07, 6.45) is 4.41. The topological polar surface area (TPSA) is 26.3 Å². The second-order valence-corrected chi connectivity index (χ2v) is 4.02. The van der Waals surface area contributed by atoms with Crippen LogP contribution in [0, 0.1) is 5.82 Å². The fraction of sp³-hybridized carbons (Fsp3) is 0.0625. The van der Waals surface area contributed by atoms with Gasteiger partial charge in [0, 0.05) is 5.56 Å². The number of carbonyl (C=O) groups is 1. The molecule has 2 aromatic carbocycles. The minimum absolute atomic E-state index is 0.222. The number of hydrogen-bond donors (Lipinski definition) is 0. The molecule has 0 unspecified atom stereocenters. The van der Waals surface area contributed by atoms with Crippen LogP contribution in [0.4, 0.5) is 4.39 Å². The van der Waals surface area contributed by atoms with E-state index in [1.807, 2.05) is 12.1 Å². The van der Waals surface area contributed by atoms with E-state index in [1.165, 1.54) is 13.2 Å². The maximum absolute atomic E-state index is 13.5. The first-order valence-corrected chi connectivity index (χ1v) is 5.80. The second kappa shape index (κ2) is 5.96. The van der Waals surface area contributed by atoms with Crippen molar-refractivity contribution in [2.75, 3.05) is 7.11 Å². The molecule has 0 aliphatic carbocycles. The molecule has 0 aliphatic rings. The minimum atomic E-state index is -0.397. The molecule has 0 atom stereocenters. The van der Waals surface area contributed by atoms with E-state index < -0.39 is 5.82 Å². The molecule has 0 saturated carbocycles. The summed E-state index contributed by atoms with van der Waals surface area (Å²) in [6, 6.07) is 11.9. The van der Waals surface area contributed by atoms with E-state index in [2.05, 4.69) is 0 Å². The first-order chi connectivity index (χ1) is 9.22. The predicted molar refractivity (Wildman–Crippen MR) is 73.7 cm³/mol. The van der Waals surface area contributed by atoms with Crippen molar-refractivity contribution in [2.24, 2.45) is 0 Å². The molecule has 2 rings (SSSR count). The van der Waals surface area contributed by atoms with Crippen LogP contribution in [0.2, 0.25) is 0 Å². The SMILES string of the molecule is COc1ccc(/C=C/c2cccc(C=O)c2)cc1F. The first-order valence-electron chi connectivity index (χ1n) is 5.80. The predicted octanol–water partition coefficient (Wildman–Crippen LogP) is 3.82. The van der Waals surface area contributed by atoms with Crippen molar-refractivity contribution < 1.29 is 13.9 Å². The number of ether oxygens (including phenoxy) is 1. The molecule has 2 nitrogen and oxygen atoms in total. The maximum Gasteiger partial charge on any atom is 0.165 e. The normalized spacial score (nSPS) is 10.6. The molecule has 0 saturated heterocycles. The number of methoxy groups -OCH3 is 1. The van der Waals surface area contributed by atoms with Crippen molar-refractivity contribution in [3.63, 3.8) is 0 Å². The van der Waals surface area contributed by atoms with Crippen molar-refractivity contribution in [3.8, 4) is 5.75 Å². The van der Waals surface area contributed by atoms with E-state index in [1.54, 1.807) is 36.4 Å². The highest BCUT2D eigenvalue weighted by Gasteiger charge is 2.01. The van der Waals surface area contributed by atoms with Gasteiger partial charge < -0.3 is 4.74 Å². The van der Waals surface area contributed by atoms with Crippen molar-refractivity contribution >= 4 is 18.4 Å². The Hall–Kier alpha value is -2.42. The van der Waals surface area contributed by atoms with Gasteiger partial charge in [-0.05, 0) is 29.3 Å². The van der Waals surface area contributed by atoms with Crippen LogP contribution < -0.4 is 4.74 Å². The summed E-state index contributed by atoms with van der Waals surface area (Å²) in [5, 5.41) is 0. The zero-order valence-corrected chi connectivity index (χ0v) is 10.5. The van der Waals surface area contributed by atoms with E-state index in [9.17, 15) is 9.18 Å². The Balaban J connectivity index is 2.22. The summed E-state index contributed by atoms with van der Waals surface area (Å²) < 4.78 is 18.3. The highest BCUT2D eigenvalue weighted by Crippen LogP contribution is 2.19. The summed E-state index contributed by atoms with van der Waals surface area (Å²) in [7, 11) is 1.43. The van der Waals surface area contributed by atoms with Gasteiger partial charge in [-0.15, -0.1) is 0 Å². The van der Waals surface area contributed by atoms with Gasteiger partial charge in [-0.1, -0.05) is 36.4 Å². The standard InChI is InChI=1S/C16H13FO2/c1-19-16-8-7-13(10-15(16)17)6-5-12-3-2-4-14(9-12)11-18/h2-11H,1H3/b6-5+. The Morgan fingerprint density at radius 2 is 1.68 bits per heavy atom. The lowest BCUT2D eigenvalue weighted by atomic mass is 10.1. The second-order valence-electron chi connectivity index (χ2n) is 4.02. The molecule has 0 bridgehead atoms. The molecule has 19 heavy (non-hydrogen) atoms. The van der Waals surface area contributed by atoms with Crippen LogP contribution >= 0.6 is 0 Å². The van der Waals surface area contributed by atoms with Gasteiger partial charge in [0.25, 0.3) is 0 Å². The molecule has 0 spiro atoms. The third-order valence-electron chi connectivity index (χ3n) is 2.69. The Morgan fingerprint density at radius 3 is 2.32 bits per heavy atom. The van der Waals surface area contributed by atoms with Gasteiger partial charge >= 0.3 is 0 Å². The van der Waals surface area contributed by atoms with Crippen LogP contribution in [0.15, 0.2) is 42.5 Å². The summed E-state index contributed by atoms with van der Waals surface area (Å²) in [4.78, 5) is 10.7. The van der Waals surface area contributed by atoms with Crippen LogP contribution in [0.5, 0.6) is 5.75 Å². The van der Waals surface area contributed by atoms with Crippen molar-refractivity contribution in [1.29, 1.82) is 0 Å². The van der Waals surface area contributed by atoms with E-state index >= 15 is 0 Å². The molecular weight excluding hydrogens is 243 g/mol. The molecule has 0 aromatic heterocycles. The minimum Gasteiger partial charge on any atom is -0.494 e. The number of benzene rings is 2. The van der Waals surface area contributed by atoms with Gasteiger partial charge in [0.2, 0.25) is 0 Å². The maximum atomic E-state index is 13.5. The molecule has 0 amide bonds. The summed E-state index contributed by atoms with van der Waals surface area (Å²) >= 11 is 0. The highest BCUT2D eigenvalue weighted by atomic mass is 19.1. The van der Waals surface area contributed by atoms with Crippen molar-refractivity contribution in [2.45, 2.75) is 0 Å². The fourth-order valence-corrected chi connectivity index (χ4v) is 1.71. The molecular formula is C16H13FO2. The van der Waals surface area contributed by atoms with Crippen LogP contribution in [-0.4, -0.2) is 13.4 Å². The Labute approximate surface area is 111 Å². The zero-order chi connectivity index (χ0) is 13.7. The smallest absolute Gasteiger partial charge is 0.165 e. The monoisotopic (exact) mass is 256 g/mol. The van der Waals surface area contributed by atoms with Gasteiger partial charge in [0.05, 0.1) is 7.11 Å². The highest BCUT2D eigenvalue weighted by molar-refractivity contribution is 5.78. The number of rotatable bonds is 4. The number of halogens is 1. The van der Waals surface area contributed by atoms with Gasteiger partial charge in [0.15, 0.2) is 11.6 Å². The summed E-state index contributed by atoms with van der Waals surface area (Å²) in [5.41, 5.74) is 2.23. The summed E-state index contributed by atoms with van der Waals surface area (Å²) in [6.45, 7) is 0. The molecule has 96 valence electrons. The van der Waals surface area contributed by atoms with Gasteiger partial charge in [0.1, 0.15) is 6.29 Å². The fourth-order valence-electron chi connectivity index (χ4n) is 1.71. The Morgan fingerprint density at radius 1 is 1.00 bits per heavy atom. The Kier molecular flexibility index (Phi) is 4.08. The van der Waals surface area contributed by atoms with Crippen molar-refractivity contribution in [1.82, 2.24) is 0 Å². The van der Waals surface area contributed by atoms with Crippen molar-refractivity contribution in [3.05, 3.63) is 65.0 Å². The molecule has 2 aromatic rings. The molecule has 0 fully saturated rings. The number of aldehydes is 1. The average Bonchev–Trinajstić information content (AvgIpc) is 2.45. The van der Waals surface area contributed by atoms with Gasteiger partial charge in [-0.25, -0.2) is 4.39 Å². The first kappa shape index (κ1) is 13.0. The number of hydrogen-bond acceptors (Lipinski definition) is 2. The average molecular weight is 256 g/mol. The van der Waals surface area contributed by atoms with E-state index in [-0.39, 0.29) is 5.75 Å². The van der Waals surface area contributed by atoms with Gasteiger partial charge in [-0.3, -0.25) is 4.79 Å². The third-order valence-corrected chi connectivity index (χ3v) is 2.69. The zero-order valence-electron chi connectivity index (χ0n) is 10.5. The van der Waals surface area contributed by atoms with E-state index in [4.69, 9.17) is 4.74 Å². The van der Waals surface area contributed by atoms with Gasteiger partial charge in [-0.2, -0.15) is 0 Å². The largest absolute Gasteiger partial charge is 0.494 e. The lowest BCUT2D eigenvalue weighted by molar-refractivity contribution is 0.112. The molecule has 3 heteroatoms. The molecule has 0 aliphatic heterocycles.